The Kier molecular flexibility index (Phi) is 3.87. The van der Waals surface area contributed by atoms with E-state index in [4.69, 9.17) is 0 Å². The van der Waals surface area contributed by atoms with Crippen molar-refractivity contribution >= 4 is 21.8 Å². The summed E-state index contributed by atoms with van der Waals surface area (Å²) in [5.74, 6) is -2.33. The standard InChI is InChI=1S/C12H13FN2O4S/c1-2-9-12(17)14-11(16)7-15(9)20(18,19)10-6-4-3-5-8(10)13/h3-6,9H,2,7H2,1H3,(H,14,16,17). The van der Waals surface area contributed by atoms with Crippen molar-refractivity contribution in [3.63, 3.8) is 0 Å². The molecule has 1 atom stereocenters. The third-order valence-electron chi connectivity index (χ3n) is 3.02. The Balaban J connectivity index is 2.49. The molecule has 2 amide bonds. The molecule has 20 heavy (non-hydrogen) atoms. The lowest BCUT2D eigenvalue weighted by Crippen LogP contribution is -2.59. The summed E-state index contributed by atoms with van der Waals surface area (Å²) in [6.45, 7) is 1.12. The van der Waals surface area contributed by atoms with Gasteiger partial charge in [-0.05, 0) is 18.6 Å². The number of nitrogens with one attached hydrogen (secondary N) is 1. The van der Waals surface area contributed by atoms with E-state index in [9.17, 15) is 22.4 Å². The van der Waals surface area contributed by atoms with E-state index in [2.05, 4.69) is 5.32 Å². The largest absolute Gasteiger partial charge is 0.294 e. The molecule has 0 spiro atoms. The fraction of sp³-hybridized carbons (Fsp3) is 0.333. The van der Waals surface area contributed by atoms with E-state index in [0.29, 0.717) is 0 Å². The molecular weight excluding hydrogens is 287 g/mol. The maximum atomic E-state index is 13.7. The fourth-order valence-electron chi connectivity index (χ4n) is 2.06. The summed E-state index contributed by atoms with van der Waals surface area (Å²) in [5.41, 5.74) is 0. The maximum Gasteiger partial charge on any atom is 0.247 e. The quantitative estimate of drug-likeness (QED) is 0.811. The van der Waals surface area contributed by atoms with Crippen molar-refractivity contribution < 1.29 is 22.4 Å². The molecule has 1 N–H and O–H groups in total. The number of halogens is 1. The SMILES string of the molecule is CCC1C(=O)NC(=O)CN1S(=O)(=O)c1ccccc1F. The molecule has 108 valence electrons. The molecule has 2 rings (SSSR count). The van der Waals surface area contributed by atoms with Crippen molar-refractivity contribution in [3.05, 3.63) is 30.1 Å². The zero-order valence-corrected chi connectivity index (χ0v) is 11.5. The summed E-state index contributed by atoms with van der Waals surface area (Å²) in [6.07, 6.45) is 0.187. The second-order valence-corrected chi connectivity index (χ2v) is 6.18. The molecule has 8 heteroatoms. The van der Waals surface area contributed by atoms with Gasteiger partial charge in [0, 0.05) is 0 Å². The second kappa shape index (κ2) is 5.29. The predicted octanol–water partition coefficient (Wildman–Crippen LogP) is 0.251. The van der Waals surface area contributed by atoms with E-state index in [1.807, 2.05) is 0 Å². The molecule has 1 aliphatic heterocycles. The van der Waals surface area contributed by atoms with Crippen LogP contribution < -0.4 is 5.32 Å². The van der Waals surface area contributed by atoms with Gasteiger partial charge in [-0.2, -0.15) is 4.31 Å². The summed E-state index contributed by atoms with van der Waals surface area (Å²) in [6, 6.07) is 3.84. The Morgan fingerprint density at radius 2 is 2.00 bits per heavy atom. The highest BCUT2D eigenvalue weighted by atomic mass is 32.2. The topological polar surface area (TPSA) is 83.6 Å². The van der Waals surface area contributed by atoms with Crippen LogP contribution in [0, 0.1) is 5.82 Å². The first-order valence-electron chi connectivity index (χ1n) is 5.98. The zero-order chi connectivity index (χ0) is 14.9. The predicted molar refractivity (Wildman–Crippen MR) is 67.5 cm³/mol. The van der Waals surface area contributed by atoms with Crippen molar-refractivity contribution in [1.82, 2.24) is 9.62 Å². The Bertz CT molecular complexity index is 659. The molecule has 0 aliphatic carbocycles. The lowest BCUT2D eigenvalue weighted by Gasteiger charge is -2.32. The molecule has 1 saturated heterocycles. The van der Waals surface area contributed by atoms with E-state index in [0.717, 1.165) is 16.4 Å². The van der Waals surface area contributed by atoms with Gasteiger partial charge in [-0.3, -0.25) is 14.9 Å². The van der Waals surface area contributed by atoms with Gasteiger partial charge in [0.1, 0.15) is 16.8 Å². The number of benzene rings is 1. The van der Waals surface area contributed by atoms with Crippen LogP contribution in [0.3, 0.4) is 0 Å². The lowest BCUT2D eigenvalue weighted by atomic mass is 10.2. The third-order valence-corrected chi connectivity index (χ3v) is 4.91. The number of rotatable bonds is 3. The van der Waals surface area contributed by atoms with Gasteiger partial charge in [-0.1, -0.05) is 19.1 Å². The summed E-state index contributed by atoms with van der Waals surface area (Å²) >= 11 is 0. The number of nitrogens with zero attached hydrogens (tertiary/aromatic N) is 1. The number of hydrogen-bond donors (Lipinski definition) is 1. The van der Waals surface area contributed by atoms with Crippen LogP contribution in [0.15, 0.2) is 29.2 Å². The average Bonchev–Trinajstić information content (AvgIpc) is 2.38. The van der Waals surface area contributed by atoms with Crippen LogP contribution in [0.4, 0.5) is 4.39 Å². The number of carbonyl (C=O) groups excluding carboxylic acids is 2. The van der Waals surface area contributed by atoms with E-state index in [1.54, 1.807) is 6.92 Å². The van der Waals surface area contributed by atoms with E-state index in [-0.39, 0.29) is 6.42 Å². The number of sulfonamides is 1. The number of carbonyl (C=O) groups is 2. The first-order chi connectivity index (χ1) is 9.37. The molecule has 1 unspecified atom stereocenters. The Morgan fingerprint density at radius 3 is 2.60 bits per heavy atom. The molecule has 0 saturated carbocycles. The molecule has 1 fully saturated rings. The highest BCUT2D eigenvalue weighted by Crippen LogP contribution is 2.23. The molecular formula is C12H13FN2O4S. The third kappa shape index (κ3) is 2.44. The Morgan fingerprint density at radius 1 is 1.35 bits per heavy atom. The van der Waals surface area contributed by atoms with Gasteiger partial charge in [0.25, 0.3) is 0 Å². The van der Waals surface area contributed by atoms with E-state index < -0.39 is 45.1 Å². The van der Waals surface area contributed by atoms with Crippen LogP contribution in [-0.2, 0) is 19.6 Å². The maximum absolute atomic E-state index is 13.7. The molecule has 0 aromatic heterocycles. The first-order valence-corrected chi connectivity index (χ1v) is 7.42. The van der Waals surface area contributed by atoms with Crippen molar-refractivity contribution in [3.8, 4) is 0 Å². The van der Waals surface area contributed by atoms with Crippen LogP contribution in [0.1, 0.15) is 13.3 Å². The second-order valence-electron chi connectivity index (χ2n) is 4.32. The van der Waals surface area contributed by atoms with Crippen molar-refractivity contribution in [2.45, 2.75) is 24.3 Å². The minimum absolute atomic E-state index is 0.187. The summed E-state index contributed by atoms with van der Waals surface area (Å²) < 4.78 is 39.3. The van der Waals surface area contributed by atoms with Crippen LogP contribution in [0.5, 0.6) is 0 Å². The molecule has 1 aromatic rings. The Labute approximate surface area is 115 Å². The van der Waals surface area contributed by atoms with Crippen LogP contribution >= 0.6 is 0 Å². The van der Waals surface area contributed by atoms with Crippen molar-refractivity contribution in [2.75, 3.05) is 6.54 Å². The van der Waals surface area contributed by atoms with E-state index in [1.165, 1.54) is 12.1 Å². The summed E-state index contributed by atoms with van der Waals surface area (Å²) in [4.78, 5) is 22.5. The van der Waals surface area contributed by atoms with Crippen molar-refractivity contribution in [2.24, 2.45) is 0 Å². The summed E-state index contributed by atoms with van der Waals surface area (Å²) in [7, 11) is -4.24. The van der Waals surface area contributed by atoms with Gasteiger partial charge >= 0.3 is 0 Å². The van der Waals surface area contributed by atoms with E-state index >= 15 is 0 Å². The van der Waals surface area contributed by atoms with Crippen LogP contribution in [0.25, 0.3) is 0 Å². The molecule has 1 aliphatic rings. The van der Waals surface area contributed by atoms with Gasteiger partial charge in [0.05, 0.1) is 6.54 Å². The van der Waals surface area contributed by atoms with Crippen molar-refractivity contribution in [1.29, 1.82) is 0 Å². The van der Waals surface area contributed by atoms with Gasteiger partial charge < -0.3 is 0 Å². The summed E-state index contributed by atoms with van der Waals surface area (Å²) in [5, 5.41) is 2.07. The number of amides is 2. The highest BCUT2D eigenvalue weighted by molar-refractivity contribution is 7.89. The highest BCUT2D eigenvalue weighted by Gasteiger charge is 2.41. The minimum atomic E-state index is -4.24. The number of hydrogen-bond acceptors (Lipinski definition) is 4. The fourth-order valence-corrected chi connectivity index (χ4v) is 3.75. The zero-order valence-electron chi connectivity index (χ0n) is 10.7. The molecule has 1 aromatic carbocycles. The van der Waals surface area contributed by atoms with Crippen LogP contribution in [-0.4, -0.2) is 37.1 Å². The molecule has 0 radical (unpaired) electrons. The molecule has 0 bridgehead atoms. The lowest BCUT2D eigenvalue weighted by molar-refractivity contribution is -0.137. The molecule has 6 nitrogen and oxygen atoms in total. The van der Waals surface area contributed by atoms with Crippen LogP contribution in [0.2, 0.25) is 0 Å². The Hall–Kier alpha value is -1.80. The molecule has 1 heterocycles. The smallest absolute Gasteiger partial charge is 0.247 e. The normalized spacial score (nSPS) is 20.8. The number of piperazine rings is 1. The minimum Gasteiger partial charge on any atom is -0.294 e. The monoisotopic (exact) mass is 300 g/mol. The van der Waals surface area contributed by atoms with Gasteiger partial charge in [0.15, 0.2) is 0 Å². The first kappa shape index (κ1) is 14.6. The van der Waals surface area contributed by atoms with Gasteiger partial charge in [-0.15, -0.1) is 0 Å². The average molecular weight is 300 g/mol. The number of imide groups is 1. The van der Waals surface area contributed by atoms with Gasteiger partial charge in [0.2, 0.25) is 21.8 Å². The van der Waals surface area contributed by atoms with Gasteiger partial charge in [-0.25, -0.2) is 12.8 Å².